The lowest BCUT2D eigenvalue weighted by Crippen LogP contribution is -2.00. The molecule has 0 saturated carbocycles. The van der Waals surface area contributed by atoms with E-state index in [4.69, 9.17) is 23.9 Å². The largest absolute Gasteiger partial charge is 0.496 e. The molecule has 0 aliphatic heterocycles. The third-order valence-electron chi connectivity index (χ3n) is 7.67. The summed E-state index contributed by atoms with van der Waals surface area (Å²) in [7, 11) is 6.71. The second-order valence-corrected chi connectivity index (χ2v) is 9.88. The highest BCUT2D eigenvalue weighted by atomic mass is 16.5. The van der Waals surface area contributed by atoms with Crippen molar-refractivity contribution in [2.75, 3.05) is 35.0 Å². The lowest BCUT2D eigenvalue weighted by Gasteiger charge is -2.14. The van der Waals surface area contributed by atoms with Gasteiger partial charge in [-0.05, 0) is 17.5 Å². The number of fused-ring (bicyclic) bond motifs is 2. The Kier molecular flexibility index (Phi) is 7.56. The Morgan fingerprint density at radius 3 is 1.67 bits per heavy atom. The van der Waals surface area contributed by atoms with Gasteiger partial charge in [0, 0.05) is 59.4 Å². The van der Waals surface area contributed by atoms with Crippen LogP contribution in [0.25, 0.3) is 44.1 Å². The van der Waals surface area contributed by atoms with Gasteiger partial charge in [0.2, 0.25) is 0 Å². The fourth-order valence-corrected chi connectivity index (χ4v) is 5.68. The summed E-state index contributed by atoms with van der Waals surface area (Å²) in [6, 6.07) is 24.4. The van der Waals surface area contributed by atoms with Crippen LogP contribution in [0.15, 0.2) is 90.2 Å². The molecule has 42 heavy (non-hydrogen) atoms. The van der Waals surface area contributed by atoms with Crippen molar-refractivity contribution in [3.8, 4) is 45.3 Å². The summed E-state index contributed by atoms with van der Waals surface area (Å²) in [5.74, 6) is 2.95. The molecule has 0 amide bonds. The molecule has 0 spiro atoms. The van der Waals surface area contributed by atoms with E-state index in [2.05, 4.69) is 34.2 Å². The lowest BCUT2D eigenvalue weighted by atomic mass is 10.00. The average molecular weight is 560 g/mol. The van der Waals surface area contributed by atoms with E-state index >= 15 is 0 Å². The summed E-state index contributed by atoms with van der Waals surface area (Å²) in [5.41, 5.74) is 8.18. The second-order valence-electron chi connectivity index (χ2n) is 9.88. The van der Waals surface area contributed by atoms with Gasteiger partial charge in [-0.1, -0.05) is 60.7 Å². The first-order chi connectivity index (χ1) is 20.7. The van der Waals surface area contributed by atoms with Crippen LogP contribution in [0.4, 0.5) is 0 Å². The molecule has 4 aromatic carbocycles. The van der Waals surface area contributed by atoms with Crippen molar-refractivity contribution < 1.29 is 18.9 Å². The Hall–Kier alpha value is -5.17. The summed E-state index contributed by atoms with van der Waals surface area (Å²) in [4.78, 5) is 11.8. The Morgan fingerprint density at radius 1 is 0.619 bits per heavy atom. The lowest BCUT2D eigenvalue weighted by molar-refractivity contribution is 0.394. The van der Waals surface area contributed by atoms with E-state index in [9.17, 15) is 0 Å². The van der Waals surface area contributed by atoms with Crippen molar-refractivity contribution in [1.82, 2.24) is 9.97 Å². The van der Waals surface area contributed by atoms with E-state index in [1.807, 2.05) is 67.1 Å². The maximum Gasteiger partial charge on any atom is 0.133 e. The van der Waals surface area contributed by atoms with Gasteiger partial charge >= 0.3 is 0 Å². The molecule has 2 N–H and O–H groups in total. The van der Waals surface area contributed by atoms with Crippen LogP contribution in [0.1, 0.15) is 11.1 Å². The van der Waals surface area contributed by atoms with Gasteiger partial charge in [-0.2, -0.15) is 0 Å². The van der Waals surface area contributed by atoms with Crippen LogP contribution in [-0.4, -0.2) is 51.2 Å². The molecule has 2 aromatic heterocycles. The number of nitrogens with zero attached hydrogens (tertiary/aromatic N) is 1. The highest BCUT2D eigenvalue weighted by Gasteiger charge is 2.20. The normalized spacial score (nSPS) is 11.4. The number of ether oxygens (including phenoxy) is 4. The van der Waals surface area contributed by atoms with Crippen molar-refractivity contribution in [2.24, 2.45) is 4.99 Å². The Labute approximate surface area is 244 Å². The minimum absolute atomic E-state index is 0.542. The van der Waals surface area contributed by atoms with E-state index in [1.165, 1.54) is 0 Å². The molecule has 0 atom stereocenters. The smallest absolute Gasteiger partial charge is 0.133 e. The summed E-state index contributed by atoms with van der Waals surface area (Å²) in [6.45, 7) is 0.542. The molecule has 0 radical (unpaired) electrons. The van der Waals surface area contributed by atoms with Gasteiger partial charge in [0.05, 0.1) is 50.4 Å². The number of rotatable bonds is 10. The van der Waals surface area contributed by atoms with E-state index in [0.29, 0.717) is 18.7 Å². The third-order valence-corrected chi connectivity index (χ3v) is 7.67. The topological polar surface area (TPSA) is 80.9 Å². The summed E-state index contributed by atoms with van der Waals surface area (Å²) >= 11 is 0. The average Bonchev–Trinajstić information content (AvgIpc) is 3.69. The minimum atomic E-state index is 0.542. The zero-order valence-corrected chi connectivity index (χ0v) is 24.2. The van der Waals surface area contributed by atoms with Crippen LogP contribution >= 0.6 is 0 Å². The standard InChI is InChI=1S/C35H33N3O4/c1-39-28-17-30(41-3)32-25(22-11-7-5-8-12-22)20-37-34(32)24(28)15-16-36-19-27-29(40-2)18-31(42-4)33-26(21-38-35(27)33)23-13-9-6-10-14-23/h5-14,17-21,37-38H,15-16H2,1-4H3. The van der Waals surface area contributed by atoms with Crippen LogP contribution in [0.3, 0.4) is 0 Å². The molecule has 212 valence electrons. The van der Waals surface area contributed by atoms with Crippen LogP contribution in [0.2, 0.25) is 0 Å². The summed E-state index contributed by atoms with van der Waals surface area (Å²) < 4.78 is 23.1. The molecule has 0 aliphatic carbocycles. The molecule has 2 heterocycles. The van der Waals surface area contributed by atoms with Crippen molar-refractivity contribution in [1.29, 1.82) is 0 Å². The summed E-state index contributed by atoms with van der Waals surface area (Å²) in [5, 5.41) is 2.02. The first kappa shape index (κ1) is 27.0. The van der Waals surface area contributed by atoms with E-state index in [-0.39, 0.29) is 0 Å². The number of hydrogen-bond acceptors (Lipinski definition) is 5. The van der Waals surface area contributed by atoms with Crippen LogP contribution in [0.5, 0.6) is 23.0 Å². The predicted octanol–water partition coefficient (Wildman–Crippen LogP) is 7.68. The van der Waals surface area contributed by atoms with E-state index in [1.54, 1.807) is 28.4 Å². The van der Waals surface area contributed by atoms with E-state index < -0.39 is 0 Å². The van der Waals surface area contributed by atoms with Gasteiger partial charge in [-0.25, -0.2) is 0 Å². The van der Waals surface area contributed by atoms with Crippen LogP contribution in [0, 0.1) is 0 Å². The zero-order valence-electron chi connectivity index (χ0n) is 24.2. The fraction of sp³-hybridized carbons (Fsp3) is 0.171. The van der Waals surface area contributed by atoms with Gasteiger partial charge in [0.15, 0.2) is 0 Å². The zero-order chi connectivity index (χ0) is 29.1. The van der Waals surface area contributed by atoms with Crippen molar-refractivity contribution in [3.63, 3.8) is 0 Å². The minimum Gasteiger partial charge on any atom is -0.496 e. The molecule has 0 bridgehead atoms. The molecule has 0 saturated heterocycles. The number of nitrogens with one attached hydrogen (secondary N) is 2. The van der Waals surface area contributed by atoms with E-state index in [0.717, 1.165) is 72.4 Å². The number of aromatic amines is 2. The predicted molar refractivity (Wildman–Crippen MR) is 170 cm³/mol. The number of H-pyrrole nitrogens is 2. The fourth-order valence-electron chi connectivity index (χ4n) is 5.68. The SMILES string of the molecule is COc1cc(OC)c2c(-c3ccccc3)c[nH]c2c1C=NCCc1c(OC)cc(OC)c2c(-c3ccccc3)c[nH]c12. The number of methoxy groups -OCH3 is 4. The Morgan fingerprint density at radius 2 is 1.12 bits per heavy atom. The second kappa shape index (κ2) is 11.7. The van der Waals surface area contributed by atoms with Crippen LogP contribution in [-0.2, 0) is 6.42 Å². The van der Waals surface area contributed by atoms with Crippen molar-refractivity contribution in [2.45, 2.75) is 6.42 Å². The quantitative estimate of drug-likeness (QED) is 0.169. The van der Waals surface area contributed by atoms with Gasteiger partial charge in [0.1, 0.15) is 23.0 Å². The number of benzene rings is 4. The van der Waals surface area contributed by atoms with Gasteiger partial charge < -0.3 is 28.9 Å². The highest BCUT2D eigenvalue weighted by molar-refractivity contribution is 6.09. The van der Waals surface area contributed by atoms with Gasteiger partial charge in [-0.3, -0.25) is 4.99 Å². The molecular weight excluding hydrogens is 526 g/mol. The Balaban J connectivity index is 1.36. The van der Waals surface area contributed by atoms with Gasteiger partial charge in [-0.15, -0.1) is 0 Å². The first-order valence-electron chi connectivity index (χ1n) is 13.8. The van der Waals surface area contributed by atoms with Crippen LogP contribution < -0.4 is 18.9 Å². The maximum absolute atomic E-state index is 5.80. The maximum atomic E-state index is 5.80. The molecule has 0 fully saturated rings. The molecule has 0 unspecified atom stereocenters. The van der Waals surface area contributed by atoms with Crippen molar-refractivity contribution >= 4 is 28.0 Å². The Bertz CT molecular complexity index is 1870. The van der Waals surface area contributed by atoms with Crippen molar-refractivity contribution in [3.05, 3.63) is 96.3 Å². The molecular formula is C35H33N3O4. The highest BCUT2D eigenvalue weighted by Crippen LogP contribution is 2.42. The number of aromatic nitrogens is 2. The molecule has 7 heteroatoms. The monoisotopic (exact) mass is 559 g/mol. The molecule has 6 aromatic rings. The molecule has 0 aliphatic rings. The molecule has 6 rings (SSSR count). The number of aliphatic imine (C=N–C) groups is 1. The van der Waals surface area contributed by atoms with Gasteiger partial charge in [0.25, 0.3) is 0 Å². The summed E-state index contributed by atoms with van der Waals surface area (Å²) in [6.07, 6.45) is 6.58. The third kappa shape index (κ3) is 4.73. The number of hydrogen-bond donors (Lipinski definition) is 2. The first-order valence-corrected chi connectivity index (χ1v) is 13.8. The molecule has 7 nitrogen and oxygen atoms in total.